The number of carbonyl (C=O) groups excluding carboxylic acids is 4. The van der Waals surface area contributed by atoms with Crippen molar-refractivity contribution < 1.29 is 46.2 Å². The van der Waals surface area contributed by atoms with Gasteiger partial charge >= 0.3 is 5.97 Å². The van der Waals surface area contributed by atoms with Crippen LogP contribution < -0.4 is 14.2 Å². The number of aromatic nitrogens is 1. The number of ether oxygens (including phenoxy) is 3. The molecule has 348 valence electrons. The second-order valence-electron chi connectivity index (χ2n) is 20.5. The summed E-state index contributed by atoms with van der Waals surface area (Å²) in [5.74, 6) is -1.87. The van der Waals surface area contributed by atoms with Crippen molar-refractivity contribution in [2.45, 2.75) is 158 Å². The predicted octanol–water partition coefficient (Wildman–Crippen LogP) is 6.79. The van der Waals surface area contributed by atoms with E-state index in [0.717, 1.165) is 75.2 Å². The van der Waals surface area contributed by atoms with E-state index >= 15 is 9.18 Å². The highest BCUT2D eigenvalue weighted by Gasteiger charge is 2.62. The first-order valence-electron chi connectivity index (χ1n) is 24.0. The molecule has 1 aromatic heterocycles. The molecule has 1 N–H and O–H groups in total. The van der Waals surface area contributed by atoms with Crippen molar-refractivity contribution in [3.63, 3.8) is 0 Å². The number of amides is 2. The number of sulfonamides is 1. The summed E-state index contributed by atoms with van der Waals surface area (Å²) in [6.45, 7) is 6.48. The van der Waals surface area contributed by atoms with Crippen LogP contribution in [0.2, 0.25) is 0 Å². The van der Waals surface area contributed by atoms with Gasteiger partial charge in [0.05, 0.1) is 46.2 Å². The molecule has 64 heavy (non-hydrogen) atoms. The van der Waals surface area contributed by atoms with E-state index in [1.807, 2.05) is 36.2 Å². The van der Waals surface area contributed by atoms with Crippen molar-refractivity contribution >= 4 is 44.5 Å². The monoisotopic (exact) mass is 904 g/mol. The Morgan fingerprint density at radius 3 is 2.45 bits per heavy atom. The number of piperidine rings is 1. The minimum Gasteiger partial charge on any atom is -0.486 e. The second kappa shape index (κ2) is 17.9. The fourth-order valence-electron chi connectivity index (χ4n) is 11.1. The van der Waals surface area contributed by atoms with Gasteiger partial charge in [0.1, 0.15) is 30.2 Å². The number of carbonyl (C=O) groups is 4. The topological polar surface area (TPSA) is 162 Å². The Balaban J connectivity index is 1.07. The van der Waals surface area contributed by atoms with E-state index in [1.165, 1.54) is 0 Å². The van der Waals surface area contributed by atoms with Crippen LogP contribution in [0.4, 0.5) is 4.39 Å². The van der Waals surface area contributed by atoms with Gasteiger partial charge in [0.2, 0.25) is 27.7 Å². The zero-order valence-corrected chi connectivity index (χ0v) is 38.3. The van der Waals surface area contributed by atoms with Gasteiger partial charge < -0.3 is 24.0 Å². The van der Waals surface area contributed by atoms with E-state index < -0.39 is 68.3 Å². The van der Waals surface area contributed by atoms with Gasteiger partial charge in [0, 0.05) is 31.3 Å². The molecule has 1 aromatic carbocycles. The van der Waals surface area contributed by atoms with Crippen molar-refractivity contribution in [1.82, 2.24) is 19.5 Å². The molecule has 0 radical (unpaired) electrons. The van der Waals surface area contributed by atoms with Crippen LogP contribution in [0.1, 0.15) is 122 Å². The Kier molecular flexibility index (Phi) is 12.6. The molecule has 2 aromatic rings. The summed E-state index contributed by atoms with van der Waals surface area (Å²) in [6.07, 6.45) is 9.58. The van der Waals surface area contributed by atoms with E-state index in [9.17, 15) is 22.8 Å². The molecule has 4 saturated carbocycles. The number of likely N-dealkylation sites (tertiary alicyclic amines) is 1. The number of fused-ring (bicyclic) bond motifs is 5. The number of pyridine rings is 1. The lowest BCUT2D eigenvalue weighted by Gasteiger charge is -2.34. The van der Waals surface area contributed by atoms with E-state index in [0.29, 0.717) is 49.4 Å². The van der Waals surface area contributed by atoms with Crippen LogP contribution in [0.5, 0.6) is 11.6 Å². The third-order valence-corrected chi connectivity index (χ3v) is 18.0. The van der Waals surface area contributed by atoms with E-state index in [2.05, 4.69) is 11.3 Å². The van der Waals surface area contributed by atoms with Crippen molar-refractivity contribution in [1.29, 1.82) is 0 Å². The first-order valence-corrected chi connectivity index (χ1v) is 25.5. The first kappa shape index (κ1) is 45.1. The number of para-hydroxylation sites is 1. The van der Waals surface area contributed by atoms with Gasteiger partial charge in [-0.3, -0.25) is 23.9 Å². The van der Waals surface area contributed by atoms with E-state index in [-0.39, 0.29) is 68.4 Å². The summed E-state index contributed by atoms with van der Waals surface area (Å²) in [5, 5.41) is 0.759. The number of esters is 1. The van der Waals surface area contributed by atoms with Crippen LogP contribution in [0.25, 0.3) is 10.9 Å². The lowest BCUT2D eigenvalue weighted by molar-refractivity contribution is -0.153. The van der Waals surface area contributed by atoms with Gasteiger partial charge in [0.25, 0.3) is 0 Å². The van der Waals surface area contributed by atoms with Crippen molar-refractivity contribution in [3.8, 4) is 11.6 Å². The number of benzene rings is 1. The number of allylic oxidation sites excluding steroid dienone is 1. The zero-order valence-electron chi connectivity index (χ0n) is 37.4. The summed E-state index contributed by atoms with van der Waals surface area (Å²) in [5.41, 5.74) is 0.0133. The predicted molar refractivity (Wildman–Crippen MR) is 238 cm³/mol. The van der Waals surface area contributed by atoms with Crippen LogP contribution in [0, 0.1) is 29.1 Å². The molecule has 9 rings (SSSR count). The van der Waals surface area contributed by atoms with Crippen LogP contribution in [-0.4, -0.2) is 109 Å². The van der Waals surface area contributed by atoms with Crippen molar-refractivity contribution in [3.05, 3.63) is 42.5 Å². The van der Waals surface area contributed by atoms with Crippen molar-refractivity contribution in [2.24, 2.45) is 29.1 Å². The fourth-order valence-corrected chi connectivity index (χ4v) is 12.5. The van der Waals surface area contributed by atoms with Crippen LogP contribution in [0.3, 0.4) is 0 Å². The third kappa shape index (κ3) is 9.18. The maximum atomic E-state index is 15.7. The molecule has 2 amide bonds. The Morgan fingerprint density at radius 1 is 1.00 bits per heavy atom. The molecule has 15 heteroatoms. The van der Waals surface area contributed by atoms with Gasteiger partial charge in [0.15, 0.2) is 5.78 Å². The minimum absolute atomic E-state index is 0.0284. The molecule has 2 saturated heterocycles. The number of halogens is 1. The lowest BCUT2D eigenvalue weighted by atomic mass is 9.77. The van der Waals surface area contributed by atoms with Gasteiger partial charge in [-0.25, -0.2) is 17.8 Å². The first-order chi connectivity index (χ1) is 30.7. The number of hydrogen-bond donors (Lipinski definition) is 1. The quantitative estimate of drug-likeness (QED) is 0.198. The number of nitrogens with zero attached hydrogens (tertiary/aromatic N) is 3. The SMILES string of the molecule is C=C[C@@H]1CC1(CC(=O)[C@@H]1C[C@@H]2CN1C(=O)[C@H](C1CCCCC1)CC(=O)O[C@@H]1C[C@H]1CCCCCc1c(nc3ccccc3c1O[C@H]1CCN(C)C[C@H]1F)O2)C(=O)NS(=O)(=O)C1(C)CC1. The molecule has 7 aliphatic rings. The van der Waals surface area contributed by atoms with Gasteiger partial charge in [-0.2, -0.15) is 0 Å². The summed E-state index contributed by atoms with van der Waals surface area (Å²) in [4.78, 5) is 66.3. The zero-order chi connectivity index (χ0) is 45.0. The molecular formula is C49H65FN4O9S. The Bertz CT molecular complexity index is 2260. The fraction of sp³-hybridized carbons (Fsp3) is 0.694. The third-order valence-electron chi connectivity index (χ3n) is 15.8. The summed E-state index contributed by atoms with van der Waals surface area (Å²) in [6, 6.07) is 6.58. The molecule has 0 spiro atoms. The highest BCUT2D eigenvalue weighted by molar-refractivity contribution is 7.91. The highest BCUT2D eigenvalue weighted by atomic mass is 32.2. The smallest absolute Gasteiger partial charge is 0.306 e. The molecule has 2 bridgehead atoms. The van der Waals surface area contributed by atoms with Gasteiger partial charge in [-0.05, 0) is 108 Å². The molecule has 3 aliphatic heterocycles. The molecule has 13 nitrogen and oxygen atoms in total. The number of Topliss-reactive ketones (excluding diaryl/α,β-unsaturated/α-hetero) is 1. The number of alkyl halides is 1. The summed E-state index contributed by atoms with van der Waals surface area (Å²) in [7, 11) is -2.08. The molecule has 6 fully saturated rings. The standard InChI is InChI=1S/C49H65FN4O9S/c1-4-32-26-49(32,47(58)52-64(59,60)48(2)20-21-48)27-40(55)39-24-33-28-54(39)46(57)36(30-13-7-5-8-14-30)25-43(56)62-42-23-31(42)15-9-6-10-17-35-44(63-41-19-22-53(3)29-37(41)50)34-16-11-12-18-38(34)51-45(35)61-33/h4,11-12,16,18,30-33,36-37,39,41-42H,1,5-10,13-15,17,19-29H2,2-3H3,(H,52,58)/t31-,32-,33-,36+,37-,39+,41+,42-,49?/m1/s1. The molecule has 9 atom stereocenters. The van der Waals surface area contributed by atoms with E-state index in [4.69, 9.17) is 19.2 Å². The van der Waals surface area contributed by atoms with Crippen molar-refractivity contribution in [2.75, 3.05) is 26.7 Å². The Morgan fingerprint density at radius 2 is 1.73 bits per heavy atom. The maximum absolute atomic E-state index is 15.7. The Hall–Kier alpha value is -4.11. The average molecular weight is 905 g/mol. The number of hydrogen-bond acceptors (Lipinski definition) is 11. The second-order valence-corrected chi connectivity index (χ2v) is 22.7. The van der Waals surface area contributed by atoms with Gasteiger partial charge in [-0.1, -0.05) is 50.3 Å². The largest absolute Gasteiger partial charge is 0.486 e. The van der Waals surface area contributed by atoms with E-state index in [1.54, 1.807) is 17.9 Å². The Labute approximate surface area is 376 Å². The molecule has 4 aliphatic carbocycles. The number of ketones is 1. The lowest BCUT2D eigenvalue weighted by Crippen LogP contribution is -2.48. The normalized spacial score (nSPS) is 33.6. The minimum atomic E-state index is -3.98. The highest BCUT2D eigenvalue weighted by Crippen LogP contribution is 2.57. The molecule has 4 heterocycles. The molecule has 1 unspecified atom stereocenters. The van der Waals surface area contributed by atoms with Crippen LogP contribution in [0.15, 0.2) is 36.9 Å². The van der Waals surface area contributed by atoms with Crippen LogP contribution in [-0.2, 0) is 40.4 Å². The maximum Gasteiger partial charge on any atom is 0.306 e. The summed E-state index contributed by atoms with van der Waals surface area (Å²) >= 11 is 0. The van der Waals surface area contributed by atoms with Crippen LogP contribution >= 0.6 is 0 Å². The number of nitrogens with one attached hydrogen (secondary N) is 1. The molecular weight excluding hydrogens is 840 g/mol. The number of rotatable bonds is 10. The summed E-state index contributed by atoms with van der Waals surface area (Å²) < 4.78 is 63.1. The van der Waals surface area contributed by atoms with Gasteiger partial charge in [-0.15, -0.1) is 6.58 Å². The average Bonchev–Trinajstić information content (AvgIpc) is 4.23.